The first-order chi connectivity index (χ1) is 9.41. The van der Waals surface area contributed by atoms with Crippen LogP contribution < -0.4 is 11.3 Å². The Morgan fingerprint density at radius 3 is 2.15 bits per heavy atom. The maximum atomic E-state index is 6.05. The number of rotatable bonds is 3. The number of benzene rings is 2. The Labute approximate surface area is 125 Å². The molecule has 2 nitrogen and oxygen atoms in total. The van der Waals surface area contributed by atoms with Crippen LogP contribution in [0.1, 0.15) is 43.5 Å². The van der Waals surface area contributed by atoms with Crippen LogP contribution in [0, 0.1) is 0 Å². The molecule has 0 aliphatic heterocycles. The van der Waals surface area contributed by atoms with Crippen LogP contribution in [0.4, 0.5) is 0 Å². The molecule has 0 fully saturated rings. The van der Waals surface area contributed by atoms with E-state index in [-0.39, 0.29) is 11.5 Å². The van der Waals surface area contributed by atoms with E-state index in [2.05, 4.69) is 50.5 Å². The summed E-state index contributed by atoms with van der Waals surface area (Å²) in [6.45, 7) is 6.62. The van der Waals surface area contributed by atoms with Gasteiger partial charge in [-0.25, -0.2) is 5.43 Å². The maximum absolute atomic E-state index is 6.05. The Hall–Kier alpha value is -1.35. The van der Waals surface area contributed by atoms with E-state index in [0.717, 1.165) is 11.1 Å². The molecule has 0 aliphatic rings. The first kappa shape index (κ1) is 15.0. The zero-order valence-corrected chi connectivity index (χ0v) is 12.9. The molecule has 0 heterocycles. The van der Waals surface area contributed by atoms with Gasteiger partial charge in [0.05, 0.1) is 6.04 Å². The zero-order valence-electron chi connectivity index (χ0n) is 12.2. The van der Waals surface area contributed by atoms with Crippen LogP contribution in [-0.4, -0.2) is 0 Å². The van der Waals surface area contributed by atoms with E-state index in [1.54, 1.807) is 0 Å². The summed E-state index contributed by atoms with van der Waals surface area (Å²) in [6.07, 6.45) is 0. The van der Waals surface area contributed by atoms with Crippen LogP contribution in [0.2, 0.25) is 5.02 Å². The van der Waals surface area contributed by atoms with Gasteiger partial charge < -0.3 is 0 Å². The quantitative estimate of drug-likeness (QED) is 0.656. The standard InChI is InChI=1S/C17H21ClN2/c1-17(2,3)14-9-7-12(8-10-14)16(20-19)13-5-4-6-15(18)11-13/h4-11,16,20H,19H2,1-3H3. The Kier molecular flexibility index (Phi) is 4.48. The van der Waals surface area contributed by atoms with Crippen molar-refractivity contribution < 1.29 is 0 Å². The van der Waals surface area contributed by atoms with Crippen LogP contribution in [-0.2, 0) is 5.41 Å². The summed E-state index contributed by atoms with van der Waals surface area (Å²) < 4.78 is 0. The number of nitrogens with one attached hydrogen (secondary N) is 1. The van der Waals surface area contributed by atoms with Gasteiger partial charge >= 0.3 is 0 Å². The average Bonchev–Trinajstić information content (AvgIpc) is 2.39. The first-order valence-electron chi connectivity index (χ1n) is 6.74. The third-order valence-corrected chi connectivity index (χ3v) is 3.69. The molecule has 2 rings (SSSR count). The molecule has 106 valence electrons. The molecule has 0 bridgehead atoms. The minimum absolute atomic E-state index is 0.0530. The Balaban J connectivity index is 2.33. The Morgan fingerprint density at radius 2 is 1.65 bits per heavy atom. The molecule has 2 aromatic rings. The second kappa shape index (κ2) is 5.96. The third-order valence-electron chi connectivity index (χ3n) is 3.46. The topological polar surface area (TPSA) is 38.0 Å². The molecular weight excluding hydrogens is 268 g/mol. The van der Waals surface area contributed by atoms with Crippen molar-refractivity contribution in [2.75, 3.05) is 0 Å². The van der Waals surface area contributed by atoms with Crippen molar-refractivity contribution in [1.82, 2.24) is 5.43 Å². The van der Waals surface area contributed by atoms with Gasteiger partial charge in [0.15, 0.2) is 0 Å². The lowest BCUT2D eigenvalue weighted by Gasteiger charge is -2.21. The molecule has 0 aliphatic carbocycles. The number of hydrogen-bond donors (Lipinski definition) is 2. The lowest BCUT2D eigenvalue weighted by Crippen LogP contribution is -2.28. The van der Waals surface area contributed by atoms with Crippen LogP contribution in [0.25, 0.3) is 0 Å². The van der Waals surface area contributed by atoms with Crippen LogP contribution in [0.3, 0.4) is 0 Å². The lowest BCUT2D eigenvalue weighted by atomic mass is 9.86. The SMILES string of the molecule is CC(C)(C)c1ccc(C(NN)c2cccc(Cl)c2)cc1. The molecule has 0 amide bonds. The largest absolute Gasteiger partial charge is 0.271 e. The van der Waals surface area contributed by atoms with E-state index in [4.69, 9.17) is 17.4 Å². The number of hydrogen-bond acceptors (Lipinski definition) is 2. The lowest BCUT2D eigenvalue weighted by molar-refractivity contribution is 0.588. The fourth-order valence-corrected chi connectivity index (χ4v) is 2.45. The number of nitrogens with two attached hydrogens (primary N) is 1. The van der Waals surface area contributed by atoms with E-state index in [1.807, 2.05) is 24.3 Å². The Bertz CT molecular complexity index is 570. The fraction of sp³-hybridized carbons (Fsp3) is 0.294. The van der Waals surface area contributed by atoms with Crippen molar-refractivity contribution in [3.8, 4) is 0 Å². The van der Waals surface area contributed by atoms with Crippen molar-refractivity contribution in [2.24, 2.45) is 5.84 Å². The highest BCUT2D eigenvalue weighted by molar-refractivity contribution is 6.30. The molecule has 0 radical (unpaired) electrons. The molecule has 1 atom stereocenters. The summed E-state index contributed by atoms with van der Waals surface area (Å²) in [4.78, 5) is 0. The fourth-order valence-electron chi connectivity index (χ4n) is 2.25. The van der Waals surface area contributed by atoms with Gasteiger partial charge in [-0.1, -0.05) is 68.8 Å². The van der Waals surface area contributed by atoms with Crippen LogP contribution in [0.15, 0.2) is 48.5 Å². The molecule has 0 spiro atoms. The summed E-state index contributed by atoms with van der Waals surface area (Å²) in [5.41, 5.74) is 6.51. The summed E-state index contributed by atoms with van der Waals surface area (Å²) in [5.74, 6) is 5.72. The second-order valence-electron chi connectivity index (χ2n) is 6.03. The van der Waals surface area contributed by atoms with Gasteiger partial charge in [0.2, 0.25) is 0 Å². The van der Waals surface area contributed by atoms with Gasteiger partial charge in [-0.15, -0.1) is 0 Å². The van der Waals surface area contributed by atoms with Crippen molar-refractivity contribution in [3.63, 3.8) is 0 Å². The smallest absolute Gasteiger partial charge is 0.0710 e. The molecule has 3 heteroatoms. The number of hydrazine groups is 1. The summed E-state index contributed by atoms with van der Waals surface area (Å²) >= 11 is 6.05. The first-order valence-corrected chi connectivity index (χ1v) is 7.11. The highest BCUT2D eigenvalue weighted by atomic mass is 35.5. The van der Waals surface area contributed by atoms with E-state index >= 15 is 0 Å². The monoisotopic (exact) mass is 288 g/mol. The van der Waals surface area contributed by atoms with Gasteiger partial charge in [-0.2, -0.15) is 0 Å². The Morgan fingerprint density at radius 1 is 1.00 bits per heavy atom. The van der Waals surface area contributed by atoms with E-state index in [1.165, 1.54) is 5.56 Å². The van der Waals surface area contributed by atoms with Crippen molar-refractivity contribution in [2.45, 2.75) is 32.2 Å². The third kappa shape index (κ3) is 3.40. The molecule has 20 heavy (non-hydrogen) atoms. The minimum atomic E-state index is -0.0530. The highest BCUT2D eigenvalue weighted by Crippen LogP contribution is 2.27. The zero-order chi connectivity index (χ0) is 14.8. The summed E-state index contributed by atoms with van der Waals surface area (Å²) in [6, 6.07) is 16.2. The molecule has 1 unspecified atom stereocenters. The molecule has 2 aromatic carbocycles. The highest BCUT2D eigenvalue weighted by Gasteiger charge is 2.16. The normalized spacial score (nSPS) is 13.2. The van der Waals surface area contributed by atoms with Crippen molar-refractivity contribution in [1.29, 1.82) is 0 Å². The van der Waals surface area contributed by atoms with Gasteiger partial charge in [-0.3, -0.25) is 5.84 Å². The van der Waals surface area contributed by atoms with Crippen LogP contribution in [0.5, 0.6) is 0 Å². The predicted octanol–water partition coefficient (Wildman–Crippen LogP) is 4.19. The van der Waals surface area contributed by atoms with E-state index in [0.29, 0.717) is 5.02 Å². The number of halogens is 1. The average molecular weight is 289 g/mol. The van der Waals surface area contributed by atoms with Gasteiger partial charge in [0.1, 0.15) is 0 Å². The molecular formula is C17H21ClN2. The molecule has 0 saturated carbocycles. The second-order valence-corrected chi connectivity index (χ2v) is 6.46. The van der Waals surface area contributed by atoms with Gasteiger partial charge in [-0.05, 0) is 34.2 Å². The van der Waals surface area contributed by atoms with E-state index < -0.39 is 0 Å². The van der Waals surface area contributed by atoms with Crippen molar-refractivity contribution >= 4 is 11.6 Å². The summed E-state index contributed by atoms with van der Waals surface area (Å²) in [7, 11) is 0. The molecule has 0 saturated heterocycles. The maximum Gasteiger partial charge on any atom is 0.0710 e. The van der Waals surface area contributed by atoms with Crippen molar-refractivity contribution in [3.05, 3.63) is 70.2 Å². The van der Waals surface area contributed by atoms with E-state index in [9.17, 15) is 0 Å². The summed E-state index contributed by atoms with van der Waals surface area (Å²) in [5, 5.41) is 0.717. The van der Waals surface area contributed by atoms with Gasteiger partial charge in [0.25, 0.3) is 0 Å². The predicted molar refractivity (Wildman–Crippen MR) is 85.8 cm³/mol. The molecule has 0 aromatic heterocycles. The minimum Gasteiger partial charge on any atom is -0.271 e. The van der Waals surface area contributed by atoms with Gasteiger partial charge in [0, 0.05) is 5.02 Å². The molecule has 3 N–H and O–H groups in total. The van der Waals surface area contributed by atoms with Crippen LogP contribution >= 0.6 is 11.6 Å².